The lowest BCUT2D eigenvalue weighted by atomic mass is 10.2. The maximum atomic E-state index is 11.9. The van der Waals surface area contributed by atoms with Gasteiger partial charge < -0.3 is 10.1 Å². The fourth-order valence-electron chi connectivity index (χ4n) is 1.66. The number of halogens is 2. The quantitative estimate of drug-likeness (QED) is 0.846. The highest BCUT2D eigenvalue weighted by molar-refractivity contribution is 9.11. The molecule has 0 spiro atoms. The summed E-state index contributed by atoms with van der Waals surface area (Å²) >= 11 is 6.64. The summed E-state index contributed by atoms with van der Waals surface area (Å²) in [7, 11) is 0. The Labute approximate surface area is 126 Å². The minimum Gasteiger partial charge on any atom is -0.493 e. The van der Waals surface area contributed by atoms with Gasteiger partial charge in [0.1, 0.15) is 5.69 Å². The van der Waals surface area contributed by atoms with Gasteiger partial charge in [-0.2, -0.15) is 4.98 Å². The van der Waals surface area contributed by atoms with Gasteiger partial charge in [-0.05, 0) is 44.3 Å². The van der Waals surface area contributed by atoms with Crippen LogP contribution in [0.1, 0.15) is 18.9 Å². The lowest BCUT2D eigenvalue weighted by Crippen LogP contribution is -2.15. The second-order valence-electron chi connectivity index (χ2n) is 3.95. The number of aromatic nitrogens is 3. The summed E-state index contributed by atoms with van der Waals surface area (Å²) in [5.41, 5.74) is 0.444. The van der Waals surface area contributed by atoms with Crippen LogP contribution in [-0.4, -0.2) is 20.1 Å². The molecule has 2 aromatic heterocycles. The van der Waals surface area contributed by atoms with Crippen molar-refractivity contribution in [2.45, 2.75) is 19.8 Å². The summed E-state index contributed by atoms with van der Waals surface area (Å²) in [5, 5.41) is 9.83. The predicted molar refractivity (Wildman–Crippen MR) is 79.1 cm³/mol. The van der Waals surface area contributed by atoms with Crippen molar-refractivity contribution >= 4 is 31.9 Å². The first-order chi connectivity index (χ1) is 9.02. The van der Waals surface area contributed by atoms with Gasteiger partial charge in [-0.3, -0.25) is 9.78 Å². The number of rotatable bonds is 3. The average Bonchev–Trinajstić information content (AvgIpc) is 2.33. The topological polar surface area (TPSA) is 78.9 Å². The van der Waals surface area contributed by atoms with Gasteiger partial charge in [-0.1, -0.05) is 13.3 Å². The largest absolute Gasteiger partial charge is 0.493 e. The highest BCUT2D eigenvalue weighted by atomic mass is 79.9. The van der Waals surface area contributed by atoms with Crippen molar-refractivity contribution in [1.29, 1.82) is 0 Å². The van der Waals surface area contributed by atoms with Crippen LogP contribution >= 0.6 is 31.9 Å². The summed E-state index contributed by atoms with van der Waals surface area (Å²) in [6.07, 6.45) is 2.85. The Balaban J connectivity index is 2.55. The molecule has 100 valence electrons. The van der Waals surface area contributed by atoms with E-state index in [4.69, 9.17) is 0 Å². The smallest absolute Gasteiger partial charge is 0.258 e. The molecule has 2 aromatic rings. The summed E-state index contributed by atoms with van der Waals surface area (Å²) in [4.78, 5) is 22.7. The van der Waals surface area contributed by atoms with E-state index in [1.54, 1.807) is 12.3 Å². The third kappa shape index (κ3) is 3.03. The molecule has 5 nitrogen and oxygen atoms in total. The minimum absolute atomic E-state index is 0.238. The van der Waals surface area contributed by atoms with Gasteiger partial charge in [-0.15, -0.1) is 0 Å². The highest BCUT2D eigenvalue weighted by Crippen LogP contribution is 2.26. The molecular weight excluding hydrogens is 378 g/mol. The molecule has 0 radical (unpaired) electrons. The van der Waals surface area contributed by atoms with E-state index in [0.29, 0.717) is 22.2 Å². The Kier molecular flexibility index (Phi) is 4.36. The summed E-state index contributed by atoms with van der Waals surface area (Å²) in [5.74, 6) is -0.000975. The zero-order chi connectivity index (χ0) is 14.0. The molecule has 0 aliphatic rings. The Morgan fingerprint density at radius 3 is 2.74 bits per heavy atom. The van der Waals surface area contributed by atoms with Crippen molar-refractivity contribution in [2.75, 3.05) is 0 Å². The standard InChI is InChI=1S/C12H11Br2N3O2/c1-2-3-7-11(18)16-10(17-12(7)19)9-8(14)4-6(13)5-15-9/h4-5H,2-3H2,1H3,(H2,16,17,18,19). The number of nitrogens with one attached hydrogen (secondary N) is 1. The van der Waals surface area contributed by atoms with Crippen LogP contribution in [0, 0.1) is 0 Å². The van der Waals surface area contributed by atoms with E-state index >= 15 is 0 Å². The maximum Gasteiger partial charge on any atom is 0.258 e. The SMILES string of the molecule is CCCc1c(O)nc(-c2ncc(Br)cc2Br)[nH]c1=O. The monoisotopic (exact) mass is 387 g/mol. The lowest BCUT2D eigenvalue weighted by molar-refractivity contribution is 0.443. The molecule has 0 bridgehead atoms. The van der Waals surface area contributed by atoms with E-state index in [0.717, 1.165) is 10.9 Å². The van der Waals surface area contributed by atoms with Crippen LogP contribution in [0.2, 0.25) is 0 Å². The zero-order valence-electron chi connectivity index (χ0n) is 10.1. The molecule has 19 heavy (non-hydrogen) atoms. The molecular formula is C12H11Br2N3O2. The van der Waals surface area contributed by atoms with Gasteiger partial charge in [0.15, 0.2) is 5.82 Å². The second kappa shape index (κ2) is 5.83. The van der Waals surface area contributed by atoms with Gasteiger partial charge in [0, 0.05) is 15.1 Å². The van der Waals surface area contributed by atoms with E-state index in [2.05, 4.69) is 46.8 Å². The number of pyridine rings is 1. The van der Waals surface area contributed by atoms with E-state index in [-0.39, 0.29) is 17.3 Å². The molecule has 2 N–H and O–H groups in total. The van der Waals surface area contributed by atoms with Gasteiger partial charge in [0.25, 0.3) is 5.56 Å². The number of aromatic amines is 1. The average molecular weight is 389 g/mol. The molecule has 0 saturated carbocycles. The molecule has 0 amide bonds. The van der Waals surface area contributed by atoms with Crippen molar-refractivity contribution in [1.82, 2.24) is 15.0 Å². The first kappa shape index (κ1) is 14.2. The Bertz CT molecular complexity index is 671. The van der Waals surface area contributed by atoms with Crippen LogP contribution in [0.3, 0.4) is 0 Å². The summed E-state index contributed by atoms with van der Waals surface area (Å²) < 4.78 is 1.48. The maximum absolute atomic E-state index is 11.9. The number of H-pyrrole nitrogens is 1. The van der Waals surface area contributed by atoms with E-state index in [9.17, 15) is 9.90 Å². The third-order valence-corrected chi connectivity index (χ3v) is 3.56. The van der Waals surface area contributed by atoms with Crippen molar-refractivity contribution < 1.29 is 5.11 Å². The molecule has 0 saturated heterocycles. The summed E-state index contributed by atoms with van der Waals surface area (Å²) in [6, 6.07) is 1.79. The molecule has 0 unspecified atom stereocenters. The molecule has 2 heterocycles. The summed E-state index contributed by atoms with van der Waals surface area (Å²) in [6.45, 7) is 1.93. The molecule has 2 rings (SSSR count). The number of aromatic hydroxyl groups is 1. The number of hydrogen-bond donors (Lipinski definition) is 2. The first-order valence-corrected chi connectivity index (χ1v) is 7.25. The zero-order valence-corrected chi connectivity index (χ0v) is 13.2. The first-order valence-electron chi connectivity index (χ1n) is 5.66. The molecule has 7 heteroatoms. The third-order valence-electron chi connectivity index (χ3n) is 2.53. The van der Waals surface area contributed by atoms with Crippen LogP contribution in [0.5, 0.6) is 5.88 Å². The van der Waals surface area contributed by atoms with Crippen molar-refractivity contribution in [3.8, 4) is 17.4 Å². The van der Waals surface area contributed by atoms with Crippen LogP contribution in [-0.2, 0) is 6.42 Å². The Morgan fingerprint density at radius 2 is 2.16 bits per heavy atom. The van der Waals surface area contributed by atoms with Gasteiger partial charge in [0.2, 0.25) is 5.88 Å². The van der Waals surface area contributed by atoms with Gasteiger partial charge in [0.05, 0.1) is 5.56 Å². The molecule has 0 atom stereocenters. The van der Waals surface area contributed by atoms with E-state index in [1.165, 1.54) is 0 Å². The minimum atomic E-state index is -0.332. The van der Waals surface area contributed by atoms with Crippen molar-refractivity contribution in [2.24, 2.45) is 0 Å². The molecule has 0 aromatic carbocycles. The van der Waals surface area contributed by atoms with Crippen LogP contribution < -0.4 is 5.56 Å². The van der Waals surface area contributed by atoms with E-state index < -0.39 is 0 Å². The van der Waals surface area contributed by atoms with Crippen molar-refractivity contribution in [3.05, 3.63) is 37.1 Å². The van der Waals surface area contributed by atoms with Crippen LogP contribution in [0.25, 0.3) is 11.5 Å². The molecule has 0 fully saturated rings. The van der Waals surface area contributed by atoms with E-state index in [1.807, 2.05) is 6.92 Å². The Morgan fingerprint density at radius 1 is 1.42 bits per heavy atom. The van der Waals surface area contributed by atoms with Crippen LogP contribution in [0.4, 0.5) is 0 Å². The molecule has 0 aliphatic heterocycles. The normalized spacial score (nSPS) is 10.7. The Hall–Kier alpha value is -1.21. The highest BCUT2D eigenvalue weighted by Gasteiger charge is 2.14. The van der Waals surface area contributed by atoms with Crippen molar-refractivity contribution in [3.63, 3.8) is 0 Å². The second-order valence-corrected chi connectivity index (χ2v) is 5.72. The number of nitrogens with zero attached hydrogens (tertiary/aromatic N) is 2. The van der Waals surface area contributed by atoms with Gasteiger partial charge >= 0.3 is 0 Å². The van der Waals surface area contributed by atoms with Crippen LogP contribution in [0.15, 0.2) is 26.0 Å². The number of hydrogen-bond acceptors (Lipinski definition) is 4. The molecule has 0 aliphatic carbocycles. The predicted octanol–water partition coefficient (Wildman–Crippen LogP) is 3.02. The van der Waals surface area contributed by atoms with Gasteiger partial charge in [-0.25, -0.2) is 0 Å². The lowest BCUT2D eigenvalue weighted by Gasteiger charge is -2.06. The fraction of sp³-hybridized carbons (Fsp3) is 0.250. The fourth-order valence-corrected chi connectivity index (χ4v) is 2.84.